The van der Waals surface area contributed by atoms with Gasteiger partial charge < -0.3 is 0 Å². The highest BCUT2D eigenvalue weighted by Gasteiger charge is 2.06. The Kier molecular flexibility index (Phi) is 3.43. The van der Waals surface area contributed by atoms with Crippen LogP contribution in [0.4, 0.5) is 0 Å². The van der Waals surface area contributed by atoms with Gasteiger partial charge in [0.2, 0.25) is 10.0 Å². The number of aryl methyl sites for hydroxylation is 1. The highest BCUT2D eigenvalue weighted by atomic mass is 32.2. The van der Waals surface area contributed by atoms with Crippen molar-refractivity contribution in [1.29, 1.82) is 0 Å². The van der Waals surface area contributed by atoms with E-state index in [4.69, 9.17) is 0 Å². The molecule has 2 N–H and O–H groups in total. The van der Waals surface area contributed by atoms with Crippen LogP contribution in [0, 0.1) is 6.92 Å². The molecule has 0 saturated carbocycles. The maximum atomic E-state index is 11.4. The summed E-state index contributed by atoms with van der Waals surface area (Å²) >= 11 is 0. The van der Waals surface area contributed by atoms with Gasteiger partial charge in [0.15, 0.2) is 0 Å². The van der Waals surface area contributed by atoms with E-state index < -0.39 is 15.9 Å². The molecule has 0 bridgehead atoms. The number of hydrogen-bond donors (Lipinski definition) is 2. The van der Waals surface area contributed by atoms with Crippen LogP contribution in [0.1, 0.15) is 15.9 Å². The molecule has 82 valence electrons. The van der Waals surface area contributed by atoms with E-state index in [1.165, 1.54) is 0 Å². The number of carbonyl (C=O) groups is 1. The Morgan fingerprint density at radius 3 is 2.20 bits per heavy atom. The van der Waals surface area contributed by atoms with E-state index in [0.717, 1.165) is 11.8 Å². The van der Waals surface area contributed by atoms with E-state index in [2.05, 4.69) is 5.43 Å². The molecule has 0 aromatic heterocycles. The first kappa shape index (κ1) is 11.7. The van der Waals surface area contributed by atoms with Crippen molar-refractivity contribution in [2.24, 2.45) is 0 Å². The number of benzene rings is 1. The predicted molar refractivity (Wildman–Crippen MR) is 56.6 cm³/mol. The van der Waals surface area contributed by atoms with Gasteiger partial charge in [-0.25, -0.2) is 8.42 Å². The molecule has 0 unspecified atom stereocenters. The minimum Gasteiger partial charge on any atom is -0.274 e. The van der Waals surface area contributed by atoms with Gasteiger partial charge in [-0.05, 0) is 19.1 Å². The minimum atomic E-state index is -3.42. The van der Waals surface area contributed by atoms with Gasteiger partial charge in [-0.15, -0.1) is 4.83 Å². The lowest BCUT2D eigenvalue weighted by molar-refractivity contribution is 0.0945. The molecule has 0 saturated heterocycles. The summed E-state index contributed by atoms with van der Waals surface area (Å²) in [5, 5.41) is 0. The normalized spacial score (nSPS) is 11.1. The third-order valence-electron chi connectivity index (χ3n) is 1.66. The summed E-state index contributed by atoms with van der Waals surface area (Å²) in [6, 6.07) is 6.79. The van der Waals surface area contributed by atoms with Gasteiger partial charge >= 0.3 is 0 Å². The standard InChI is InChI=1S/C9H12N2O3S/c1-7-3-5-8(6-4-7)9(12)10-11-15(2,13)14/h3-6,11H,1-2H3,(H,10,12). The molecule has 0 aliphatic heterocycles. The molecule has 0 atom stereocenters. The van der Waals surface area contributed by atoms with Gasteiger partial charge in [-0.3, -0.25) is 10.2 Å². The fourth-order valence-electron chi connectivity index (χ4n) is 0.916. The van der Waals surface area contributed by atoms with Crippen LogP contribution in [-0.4, -0.2) is 20.6 Å². The van der Waals surface area contributed by atoms with E-state index in [9.17, 15) is 13.2 Å². The zero-order valence-electron chi connectivity index (χ0n) is 8.44. The largest absolute Gasteiger partial charge is 0.274 e. The van der Waals surface area contributed by atoms with Crippen LogP contribution in [0.5, 0.6) is 0 Å². The molecule has 0 fully saturated rings. The van der Waals surface area contributed by atoms with Crippen LogP contribution >= 0.6 is 0 Å². The van der Waals surface area contributed by atoms with Crippen LogP contribution in [0.15, 0.2) is 24.3 Å². The predicted octanol–water partition coefficient (Wildman–Crippen LogP) is 0.189. The summed E-state index contributed by atoms with van der Waals surface area (Å²) < 4.78 is 21.4. The zero-order chi connectivity index (χ0) is 11.5. The number of amides is 1. The third-order valence-corrected chi connectivity index (χ3v) is 2.14. The Morgan fingerprint density at radius 1 is 1.20 bits per heavy atom. The lowest BCUT2D eigenvalue weighted by atomic mass is 10.1. The van der Waals surface area contributed by atoms with Crippen LogP contribution < -0.4 is 10.3 Å². The Morgan fingerprint density at radius 2 is 1.73 bits per heavy atom. The molecule has 0 radical (unpaired) electrons. The molecule has 0 aliphatic carbocycles. The molecule has 15 heavy (non-hydrogen) atoms. The first-order chi connectivity index (χ1) is 6.88. The van der Waals surface area contributed by atoms with Gasteiger partial charge in [0, 0.05) is 5.56 Å². The average molecular weight is 228 g/mol. The van der Waals surface area contributed by atoms with Crippen molar-refractivity contribution >= 4 is 15.9 Å². The highest BCUT2D eigenvalue weighted by Crippen LogP contribution is 2.02. The maximum Gasteiger partial charge on any atom is 0.266 e. The summed E-state index contributed by atoms with van der Waals surface area (Å²) in [6.07, 6.45) is 0.961. The van der Waals surface area contributed by atoms with E-state index in [1.807, 2.05) is 11.8 Å². The van der Waals surface area contributed by atoms with Gasteiger partial charge in [0.1, 0.15) is 0 Å². The summed E-state index contributed by atoms with van der Waals surface area (Å²) in [5.41, 5.74) is 3.51. The van der Waals surface area contributed by atoms with Crippen molar-refractivity contribution in [2.75, 3.05) is 6.26 Å². The van der Waals surface area contributed by atoms with E-state index >= 15 is 0 Å². The van der Waals surface area contributed by atoms with Gasteiger partial charge in [0.25, 0.3) is 5.91 Å². The summed E-state index contributed by atoms with van der Waals surface area (Å²) in [7, 11) is -3.42. The number of carbonyl (C=O) groups excluding carboxylic acids is 1. The number of sulfonamides is 1. The van der Waals surface area contributed by atoms with Gasteiger partial charge in [0.05, 0.1) is 6.26 Å². The van der Waals surface area contributed by atoms with Crippen LogP contribution in [-0.2, 0) is 10.0 Å². The van der Waals surface area contributed by atoms with Crippen molar-refractivity contribution in [1.82, 2.24) is 10.3 Å². The molecule has 5 nitrogen and oxygen atoms in total. The van der Waals surface area contributed by atoms with Crippen molar-refractivity contribution < 1.29 is 13.2 Å². The Balaban J connectivity index is 2.66. The fourth-order valence-corrected chi connectivity index (χ4v) is 1.19. The molecule has 0 spiro atoms. The molecule has 1 rings (SSSR count). The molecular formula is C9H12N2O3S. The minimum absolute atomic E-state index is 0.400. The Bertz CT molecular complexity index is 451. The maximum absolute atomic E-state index is 11.4. The monoisotopic (exact) mass is 228 g/mol. The smallest absolute Gasteiger partial charge is 0.266 e. The van der Waals surface area contributed by atoms with Crippen LogP contribution in [0.2, 0.25) is 0 Å². The number of hydrogen-bond acceptors (Lipinski definition) is 3. The summed E-state index contributed by atoms with van der Waals surface area (Å²) in [6.45, 7) is 1.90. The van der Waals surface area contributed by atoms with Crippen LogP contribution in [0.25, 0.3) is 0 Å². The third kappa shape index (κ3) is 4.09. The van der Waals surface area contributed by atoms with Gasteiger partial charge in [-0.1, -0.05) is 17.7 Å². The lowest BCUT2D eigenvalue weighted by Gasteiger charge is -2.04. The van der Waals surface area contributed by atoms with Crippen molar-refractivity contribution in [3.05, 3.63) is 35.4 Å². The summed E-state index contributed by atoms with van der Waals surface area (Å²) in [4.78, 5) is 13.3. The van der Waals surface area contributed by atoms with E-state index in [1.54, 1.807) is 24.3 Å². The second-order valence-corrected chi connectivity index (χ2v) is 4.94. The molecule has 1 amide bonds. The molecular weight excluding hydrogens is 216 g/mol. The van der Waals surface area contributed by atoms with E-state index in [-0.39, 0.29) is 0 Å². The fraction of sp³-hybridized carbons (Fsp3) is 0.222. The lowest BCUT2D eigenvalue weighted by Crippen LogP contribution is -2.40. The second-order valence-electron chi connectivity index (χ2n) is 3.19. The molecule has 6 heteroatoms. The molecule has 0 heterocycles. The van der Waals surface area contributed by atoms with Crippen molar-refractivity contribution in [2.45, 2.75) is 6.92 Å². The van der Waals surface area contributed by atoms with Gasteiger partial charge in [-0.2, -0.15) is 0 Å². The first-order valence-electron chi connectivity index (χ1n) is 4.22. The van der Waals surface area contributed by atoms with Crippen molar-refractivity contribution in [3.63, 3.8) is 0 Å². The number of nitrogens with one attached hydrogen (secondary N) is 2. The van der Waals surface area contributed by atoms with E-state index in [0.29, 0.717) is 5.56 Å². The Labute approximate surface area is 88.5 Å². The molecule has 0 aliphatic rings. The summed E-state index contributed by atoms with van der Waals surface area (Å²) in [5.74, 6) is -0.486. The Hall–Kier alpha value is -1.40. The topological polar surface area (TPSA) is 75.3 Å². The highest BCUT2D eigenvalue weighted by molar-refractivity contribution is 7.88. The SMILES string of the molecule is Cc1ccc(C(=O)NNS(C)(=O)=O)cc1. The second kappa shape index (κ2) is 4.41. The number of rotatable bonds is 3. The first-order valence-corrected chi connectivity index (χ1v) is 6.11. The quantitative estimate of drug-likeness (QED) is 0.725. The molecule has 1 aromatic carbocycles. The molecule has 1 aromatic rings. The van der Waals surface area contributed by atoms with Crippen LogP contribution in [0.3, 0.4) is 0 Å². The van der Waals surface area contributed by atoms with Crippen molar-refractivity contribution in [3.8, 4) is 0 Å². The zero-order valence-corrected chi connectivity index (χ0v) is 9.26. The average Bonchev–Trinajstić information content (AvgIpc) is 2.14. The number of hydrazine groups is 1.